The molecular weight excluding hydrogens is 294 g/mol. The van der Waals surface area contributed by atoms with E-state index in [1.165, 1.54) is 0 Å². The van der Waals surface area contributed by atoms with E-state index in [1.807, 2.05) is 16.7 Å². The van der Waals surface area contributed by atoms with Gasteiger partial charge in [-0.05, 0) is 26.2 Å². The van der Waals surface area contributed by atoms with Crippen LogP contribution in [-0.4, -0.2) is 78.6 Å². The van der Waals surface area contributed by atoms with Crippen molar-refractivity contribution in [2.45, 2.75) is 52.0 Å². The largest absolute Gasteiger partial charge is 0.450 e. The van der Waals surface area contributed by atoms with Crippen LogP contribution in [0.1, 0.15) is 46.0 Å². The predicted octanol–water partition coefficient (Wildman–Crippen LogP) is 1.94. The van der Waals surface area contributed by atoms with E-state index in [0.717, 1.165) is 65.0 Å². The summed E-state index contributed by atoms with van der Waals surface area (Å²) in [5.74, 6) is 0.309. The Morgan fingerprint density at radius 1 is 0.957 bits per heavy atom. The zero-order valence-electron chi connectivity index (χ0n) is 14.6. The number of piperidine rings is 1. The van der Waals surface area contributed by atoms with Crippen LogP contribution >= 0.6 is 0 Å². The van der Waals surface area contributed by atoms with Crippen molar-refractivity contribution < 1.29 is 14.3 Å². The van der Waals surface area contributed by atoms with Gasteiger partial charge in [0.15, 0.2) is 0 Å². The summed E-state index contributed by atoms with van der Waals surface area (Å²) in [6.07, 6.45) is 4.58. The second kappa shape index (κ2) is 9.11. The van der Waals surface area contributed by atoms with E-state index in [-0.39, 0.29) is 6.09 Å². The number of piperazine rings is 1. The summed E-state index contributed by atoms with van der Waals surface area (Å²) in [6.45, 7) is 9.57. The molecule has 0 aliphatic carbocycles. The van der Waals surface area contributed by atoms with Crippen LogP contribution in [0.2, 0.25) is 0 Å². The summed E-state index contributed by atoms with van der Waals surface area (Å²) in [5.41, 5.74) is 0. The van der Waals surface area contributed by atoms with Crippen molar-refractivity contribution in [3.05, 3.63) is 0 Å². The van der Waals surface area contributed by atoms with Gasteiger partial charge in [0.05, 0.1) is 6.61 Å². The number of carbonyl (C=O) groups excluding carboxylic acids is 2. The quantitative estimate of drug-likeness (QED) is 0.775. The van der Waals surface area contributed by atoms with Gasteiger partial charge in [0.1, 0.15) is 0 Å². The number of amides is 2. The zero-order chi connectivity index (χ0) is 16.7. The lowest BCUT2D eigenvalue weighted by Crippen LogP contribution is -2.54. The molecule has 0 spiro atoms. The number of ether oxygens (including phenoxy) is 1. The van der Waals surface area contributed by atoms with E-state index in [4.69, 9.17) is 4.74 Å². The number of hydrogen-bond acceptors (Lipinski definition) is 4. The lowest BCUT2D eigenvalue weighted by molar-refractivity contribution is -0.133. The van der Waals surface area contributed by atoms with Gasteiger partial charge in [-0.3, -0.25) is 9.69 Å². The van der Waals surface area contributed by atoms with E-state index < -0.39 is 0 Å². The van der Waals surface area contributed by atoms with Crippen LogP contribution in [0.3, 0.4) is 0 Å². The third kappa shape index (κ3) is 5.09. The van der Waals surface area contributed by atoms with Gasteiger partial charge in [0.25, 0.3) is 0 Å². The fraction of sp³-hybridized carbons (Fsp3) is 0.882. The summed E-state index contributed by atoms with van der Waals surface area (Å²) in [7, 11) is 0. The van der Waals surface area contributed by atoms with Crippen LogP contribution in [0.15, 0.2) is 0 Å². The number of nitrogens with zero attached hydrogens (tertiary/aromatic N) is 3. The van der Waals surface area contributed by atoms with E-state index in [9.17, 15) is 9.59 Å². The molecule has 132 valence electrons. The smallest absolute Gasteiger partial charge is 0.409 e. The summed E-state index contributed by atoms with van der Waals surface area (Å²) < 4.78 is 5.06. The molecule has 0 aromatic rings. The second-order valence-corrected chi connectivity index (χ2v) is 6.44. The molecule has 0 aromatic carbocycles. The van der Waals surface area contributed by atoms with Crippen LogP contribution < -0.4 is 0 Å². The SMILES string of the molecule is CCCCC(=O)N1CCN(C2CCN(C(=O)OCC)CC2)CC1. The van der Waals surface area contributed by atoms with Gasteiger partial charge in [-0.25, -0.2) is 4.79 Å². The molecule has 0 atom stereocenters. The minimum atomic E-state index is -0.183. The van der Waals surface area contributed by atoms with Gasteiger partial charge >= 0.3 is 6.09 Å². The Labute approximate surface area is 139 Å². The Balaban J connectivity index is 1.70. The highest BCUT2D eigenvalue weighted by Crippen LogP contribution is 2.19. The Morgan fingerprint density at radius 2 is 1.61 bits per heavy atom. The fourth-order valence-corrected chi connectivity index (χ4v) is 3.45. The van der Waals surface area contributed by atoms with Gasteiger partial charge in [-0.2, -0.15) is 0 Å². The second-order valence-electron chi connectivity index (χ2n) is 6.44. The average molecular weight is 325 g/mol. The highest BCUT2D eigenvalue weighted by atomic mass is 16.6. The Bertz CT molecular complexity index is 387. The molecule has 2 saturated heterocycles. The maximum absolute atomic E-state index is 12.1. The lowest BCUT2D eigenvalue weighted by atomic mass is 10.0. The van der Waals surface area contributed by atoms with E-state index in [0.29, 0.717) is 25.0 Å². The van der Waals surface area contributed by atoms with Gasteiger partial charge in [-0.1, -0.05) is 13.3 Å². The molecule has 2 heterocycles. The molecule has 6 nitrogen and oxygen atoms in total. The minimum absolute atomic E-state index is 0.183. The highest BCUT2D eigenvalue weighted by Gasteiger charge is 2.30. The predicted molar refractivity (Wildman–Crippen MR) is 89.3 cm³/mol. The zero-order valence-corrected chi connectivity index (χ0v) is 14.6. The third-order valence-corrected chi connectivity index (χ3v) is 4.92. The molecule has 23 heavy (non-hydrogen) atoms. The summed E-state index contributed by atoms with van der Waals surface area (Å²) in [6, 6.07) is 0.536. The number of carbonyl (C=O) groups is 2. The number of hydrogen-bond donors (Lipinski definition) is 0. The molecule has 0 bridgehead atoms. The normalized spacial score (nSPS) is 20.6. The molecule has 2 amide bonds. The lowest BCUT2D eigenvalue weighted by Gasteiger charge is -2.42. The molecule has 2 aliphatic rings. The fourth-order valence-electron chi connectivity index (χ4n) is 3.45. The summed E-state index contributed by atoms with van der Waals surface area (Å²) in [5, 5.41) is 0. The summed E-state index contributed by atoms with van der Waals surface area (Å²) in [4.78, 5) is 30.1. The maximum Gasteiger partial charge on any atom is 0.409 e. The van der Waals surface area contributed by atoms with Crippen molar-refractivity contribution in [1.29, 1.82) is 0 Å². The maximum atomic E-state index is 12.1. The number of likely N-dealkylation sites (tertiary alicyclic amines) is 1. The molecule has 2 aliphatic heterocycles. The van der Waals surface area contributed by atoms with Crippen molar-refractivity contribution in [2.24, 2.45) is 0 Å². The van der Waals surface area contributed by atoms with Crippen molar-refractivity contribution in [2.75, 3.05) is 45.9 Å². The third-order valence-electron chi connectivity index (χ3n) is 4.92. The molecule has 0 unspecified atom stereocenters. The minimum Gasteiger partial charge on any atom is -0.450 e. The molecule has 0 radical (unpaired) electrons. The van der Waals surface area contributed by atoms with Crippen molar-refractivity contribution in [1.82, 2.24) is 14.7 Å². The van der Waals surface area contributed by atoms with Crippen molar-refractivity contribution in [3.63, 3.8) is 0 Å². The summed E-state index contributed by atoms with van der Waals surface area (Å²) >= 11 is 0. The molecule has 0 aromatic heterocycles. The molecule has 2 fully saturated rings. The van der Waals surface area contributed by atoms with Crippen LogP contribution in [0.5, 0.6) is 0 Å². The van der Waals surface area contributed by atoms with Gasteiger partial charge < -0.3 is 14.5 Å². The first-order chi connectivity index (χ1) is 11.2. The first-order valence-corrected chi connectivity index (χ1v) is 9.09. The standard InChI is InChI=1S/C17H31N3O3/c1-3-5-6-16(21)19-13-11-18(12-14-19)15-7-9-20(10-8-15)17(22)23-4-2/h15H,3-14H2,1-2H3. The van der Waals surface area contributed by atoms with Crippen LogP contribution in [0, 0.1) is 0 Å². The van der Waals surface area contributed by atoms with E-state index in [2.05, 4.69) is 11.8 Å². The first kappa shape index (κ1) is 18.0. The Morgan fingerprint density at radius 3 is 2.17 bits per heavy atom. The number of rotatable bonds is 5. The molecule has 6 heteroatoms. The van der Waals surface area contributed by atoms with Crippen LogP contribution in [-0.2, 0) is 9.53 Å². The van der Waals surface area contributed by atoms with Crippen LogP contribution in [0.4, 0.5) is 4.79 Å². The van der Waals surface area contributed by atoms with E-state index >= 15 is 0 Å². The van der Waals surface area contributed by atoms with Crippen molar-refractivity contribution >= 4 is 12.0 Å². The van der Waals surface area contributed by atoms with Crippen molar-refractivity contribution in [3.8, 4) is 0 Å². The molecule has 2 rings (SSSR count). The average Bonchev–Trinajstić information content (AvgIpc) is 2.60. The van der Waals surface area contributed by atoms with Gasteiger partial charge in [-0.15, -0.1) is 0 Å². The topological polar surface area (TPSA) is 53.1 Å². The Kier molecular flexibility index (Phi) is 7.15. The highest BCUT2D eigenvalue weighted by molar-refractivity contribution is 5.76. The van der Waals surface area contributed by atoms with Gasteiger partial charge in [0.2, 0.25) is 5.91 Å². The van der Waals surface area contributed by atoms with Crippen LogP contribution in [0.25, 0.3) is 0 Å². The monoisotopic (exact) mass is 325 g/mol. The van der Waals surface area contributed by atoms with Gasteiger partial charge in [0, 0.05) is 51.7 Å². The molecule has 0 N–H and O–H groups in total. The number of unbranched alkanes of at least 4 members (excludes halogenated alkanes) is 1. The molecular formula is C17H31N3O3. The molecule has 0 saturated carbocycles. The van der Waals surface area contributed by atoms with E-state index in [1.54, 1.807) is 0 Å². The Hall–Kier alpha value is -1.30. The first-order valence-electron chi connectivity index (χ1n) is 9.09.